The zero-order valence-corrected chi connectivity index (χ0v) is 20.7. The van der Waals surface area contributed by atoms with E-state index in [0.29, 0.717) is 11.0 Å². The Kier molecular flexibility index (Phi) is 18.7. The zero-order chi connectivity index (χ0) is 22.7. The lowest BCUT2D eigenvalue weighted by Gasteiger charge is -2.26. The number of hydrogen-bond donors (Lipinski definition) is 1. The molecule has 1 saturated heterocycles. The Bertz CT molecular complexity index is 388. The van der Waals surface area contributed by atoms with Gasteiger partial charge in [0.1, 0.15) is 12.6 Å². The van der Waals surface area contributed by atoms with E-state index in [-0.39, 0.29) is 6.42 Å². The molecule has 0 amide bonds. The summed E-state index contributed by atoms with van der Waals surface area (Å²) in [5.41, 5.74) is 0. The van der Waals surface area contributed by atoms with Gasteiger partial charge < -0.3 is 24.4 Å². The predicted octanol–water partition coefficient (Wildman–Crippen LogP) is 3.98. The molecule has 180 valence electrons. The fourth-order valence-electron chi connectivity index (χ4n) is 4.07. The Morgan fingerprint density at radius 2 is 1.33 bits per heavy atom. The van der Waals surface area contributed by atoms with Gasteiger partial charge in [-0.25, -0.2) is 0 Å². The van der Waals surface area contributed by atoms with Gasteiger partial charge in [-0.3, -0.25) is 0 Å². The Hall–Kier alpha value is -0.650. The third-order valence-electron chi connectivity index (χ3n) is 5.69. The first-order valence-corrected chi connectivity index (χ1v) is 12.7. The Morgan fingerprint density at radius 3 is 1.77 bits per heavy atom. The van der Waals surface area contributed by atoms with Crippen molar-refractivity contribution in [1.82, 2.24) is 4.90 Å². The number of quaternary nitrogens is 1. The number of rotatable bonds is 15. The Labute approximate surface area is 187 Å². The third kappa shape index (κ3) is 22.0. The summed E-state index contributed by atoms with van der Waals surface area (Å²) in [6.07, 6.45) is 19.3. The quantitative estimate of drug-likeness (QED) is 0.317. The molecule has 1 atom stereocenters. The van der Waals surface area contributed by atoms with E-state index in [9.17, 15) is 9.90 Å². The van der Waals surface area contributed by atoms with E-state index in [1.165, 1.54) is 110 Å². The van der Waals surface area contributed by atoms with E-state index in [0.717, 1.165) is 0 Å². The second-order valence-electron chi connectivity index (χ2n) is 10.1. The Balaban J connectivity index is 0.000000654. The molecular weight excluding hydrogens is 376 g/mol. The minimum absolute atomic E-state index is 0.282. The van der Waals surface area contributed by atoms with Gasteiger partial charge in [0, 0.05) is 12.4 Å². The molecule has 1 N–H and O–H groups in total. The minimum atomic E-state index is -1.20. The van der Waals surface area contributed by atoms with E-state index in [2.05, 4.69) is 11.8 Å². The highest BCUT2D eigenvalue weighted by atomic mass is 16.4. The van der Waals surface area contributed by atoms with Gasteiger partial charge in [0.2, 0.25) is 0 Å². The number of carboxylic acid groups (broad SMARTS) is 1. The standard InChI is InChI=1S/C18H37N.C7H15NO3/c1-2-3-4-5-6-7-8-9-10-13-16-19-17-14-11-12-15-18-19;1-8(2,3)5-6(9)4-7(10)11/h2-18H2,1H3;6,9H,4-5H2,1-3H3. The number of likely N-dealkylation sites (tertiary alicyclic amines) is 1. The molecule has 0 saturated carbocycles. The zero-order valence-electron chi connectivity index (χ0n) is 20.7. The van der Waals surface area contributed by atoms with E-state index in [1.54, 1.807) is 0 Å². The number of aliphatic carboxylic acids is 1. The van der Waals surface area contributed by atoms with Crippen LogP contribution in [0.15, 0.2) is 0 Å². The van der Waals surface area contributed by atoms with Crippen LogP contribution in [0.3, 0.4) is 0 Å². The first-order valence-electron chi connectivity index (χ1n) is 12.7. The summed E-state index contributed by atoms with van der Waals surface area (Å²) >= 11 is 0. The highest BCUT2D eigenvalue weighted by Gasteiger charge is 2.14. The molecule has 5 nitrogen and oxygen atoms in total. The molecule has 0 aromatic carbocycles. The van der Waals surface area contributed by atoms with Gasteiger partial charge in [-0.2, -0.15) is 0 Å². The summed E-state index contributed by atoms with van der Waals surface area (Å²) in [6.45, 7) is 6.84. The fraction of sp³-hybridized carbons (Fsp3) is 0.960. The summed E-state index contributed by atoms with van der Waals surface area (Å²) < 4.78 is 0.550. The molecule has 0 aromatic heterocycles. The maximum Gasteiger partial charge on any atom is 0.108 e. The van der Waals surface area contributed by atoms with E-state index >= 15 is 0 Å². The smallest absolute Gasteiger partial charge is 0.108 e. The molecule has 0 aromatic rings. The average molecular weight is 429 g/mol. The van der Waals surface area contributed by atoms with Crippen molar-refractivity contribution in [2.24, 2.45) is 0 Å². The first-order chi connectivity index (χ1) is 14.2. The van der Waals surface area contributed by atoms with Gasteiger partial charge in [-0.15, -0.1) is 0 Å². The molecule has 0 radical (unpaired) electrons. The average Bonchev–Trinajstić information content (AvgIpc) is 2.90. The van der Waals surface area contributed by atoms with Crippen LogP contribution >= 0.6 is 0 Å². The number of likely N-dealkylation sites (N-methyl/N-ethyl adjacent to an activating group) is 1. The van der Waals surface area contributed by atoms with Crippen LogP contribution < -0.4 is 5.11 Å². The second-order valence-corrected chi connectivity index (χ2v) is 10.1. The molecule has 1 heterocycles. The maximum absolute atomic E-state index is 10.0. The van der Waals surface area contributed by atoms with Crippen molar-refractivity contribution in [1.29, 1.82) is 0 Å². The van der Waals surface area contributed by atoms with Crippen LogP contribution in [0.5, 0.6) is 0 Å². The number of carboxylic acids is 1. The van der Waals surface area contributed by atoms with Crippen LogP contribution in [0, 0.1) is 0 Å². The second kappa shape index (κ2) is 19.1. The molecule has 1 unspecified atom stereocenters. The molecule has 0 bridgehead atoms. The number of hydrogen-bond acceptors (Lipinski definition) is 4. The number of nitrogens with zero attached hydrogens (tertiary/aromatic N) is 2. The minimum Gasteiger partial charge on any atom is -0.550 e. The first kappa shape index (κ1) is 29.4. The normalized spacial score (nSPS) is 16.4. The number of carbonyl (C=O) groups is 1. The van der Waals surface area contributed by atoms with Gasteiger partial charge in [0.25, 0.3) is 0 Å². The molecule has 30 heavy (non-hydrogen) atoms. The van der Waals surface area contributed by atoms with Gasteiger partial charge in [-0.05, 0) is 38.9 Å². The van der Waals surface area contributed by atoms with E-state index < -0.39 is 12.1 Å². The molecule has 5 heteroatoms. The lowest BCUT2D eigenvalue weighted by Crippen LogP contribution is -2.43. The summed E-state index contributed by atoms with van der Waals surface area (Å²) in [5, 5.41) is 19.1. The maximum atomic E-state index is 10.0. The van der Waals surface area contributed by atoms with Gasteiger partial charge >= 0.3 is 0 Å². The highest BCUT2D eigenvalue weighted by molar-refractivity contribution is 5.64. The van der Waals surface area contributed by atoms with Gasteiger partial charge in [-0.1, -0.05) is 77.6 Å². The molecule has 1 aliphatic heterocycles. The lowest BCUT2D eigenvalue weighted by atomic mass is 10.1. The van der Waals surface area contributed by atoms with Crippen molar-refractivity contribution in [3.63, 3.8) is 0 Å². The van der Waals surface area contributed by atoms with E-state index in [1.807, 2.05) is 21.1 Å². The van der Waals surface area contributed by atoms with Crippen molar-refractivity contribution in [3.05, 3.63) is 0 Å². The van der Waals surface area contributed by atoms with Crippen molar-refractivity contribution in [2.75, 3.05) is 47.3 Å². The SMILES string of the molecule is CCCCCCCCCCCCN1CCCCCC1.C[N+](C)(C)CC(O)CC(=O)[O-]. The molecule has 1 fully saturated rings. The number of carbonyl (C=O) groups excluding carboxylic acids is 1. The Morgan fingerprint density at radius 1 is 0.867 bits per heavy atom. The lowest BCUT2D eigenvalue weighted by molar-refractivity contribution is -0.873. The summed E-state index contributed by atoms with van der Waals surface area (Å²) in [4.78, 5) is 12.7. The van der Waals surface area contributed by atoms with Crippen molar-refractivity contribution >= 4 is 5.97 Å². The van der Waals surface area contributed by atoms with Crippen molar-refractivity contribution in [3.8, 4) is 0 Å². The monoisotopic (exact) mass is 428 g/mol. The van der Waals surface area contributed by atoms with Crippen LogP contribution in [0.25, 0.3) is 0 Å². The number of unbranched alkanes of at least 4 members (excludes halogenated alkanes) is 9. The van der Waals surface area contributed by atoms with Crippen molar-refractivity contribution in [2.45, 2.75) is 109 Å². The molecule has 0 aliphatic carbocycles. The number of aliphatic hydroxyl groups is 1. The van der Waals surface area contributed by atoms with Crippen LogP contribution in [-0.4, -0.2) is 73.9 Å². The number of aliphatic hydroxyl groups excluding tert-OH is 1. The largest absolute Gasteiger partial charge is 0.550 e. The van der Waals surface area contributed by atoms with Crippen LogP contribution in [-0.2, 0) is 4.79 Å². The van der Waals surface area contributed by atoms with Gasteiger partial charge in [0.15, 0.2) is 0 Å². The fourth-order valence-corrected chi connectivity index (χ4v) is 4.07. The topological polar surface area (TPSA) is 63.6 Å². The van der Waals surface area contributed by atoms with Crippen molar-refractivity contribution < 1.29 is 19.5 Å². The molecule has 1 aliphatic rings. The molecule has 0 spiro atoms. The highest BCUT2D eigenvalue weighted by Crippen LogP contribution is 2.13. The third-order valence-corrected chi connectivity index (χ3v) is 5.69. The van der Waals surface area contributed by atoms with Crippen LogP contribution in [0.4, 0.5) is 0 Å². The van der Waals surface area contributed by atoms with Gasteiger partial charge in [0.05, 0.1) is 21.1 Å². The predicted molar refractivity (Wildman–Crippen MR) is 125 cm³/mol. The van der Waals surface area contributed by atoms with Crippen LogP contribution in [0.1, 0.15) is 103 Å². The summed E-state index contributed by atoms with van der Waals surface area (Å²) in [7, 11) is 5.66. The summed E-state index contributed by atoms with van der Waals surface area (Å²) in [5.74, 6) is -1.20. The molecular formula is C25H52N2O3. The van der Waals surface area contributed by atoms with Crippen LogP contribution in [0.2, 0.25) is 0 Å². The van der Waals surface area contributed by atoms with E-state index in [4.69, 9.17) is 5.11 Å². The summed E-state index contributed by atoms with van der Waals surface area (Å²) in [6, 6.07) is 0. The molecule has 1 rings (SSSR count).